The van der Waals surface area contributed by atoms with E-state index in [0.717, 1.165) is 12.8 Å². The van der Waals surface area contributed by atoms with Crippen LogP contribution in [0.3, 0.4) is 0 Å². The molecule has 0 saturated heterocycles. The fourth-order valence-electron chi connectivity index (χ4n) is 3.64. The first-order valence-electron chi connectivity index (χ1n) is 9.98. The number of rotatable bonds is 5. The topological polar surface area (TPSA) is 20.7 Å². The molecule has 0 aliphatic carbocycles. The van der Waals surface area contributed by atoms with Crippen molar-refractivity contribution in [3.8, 4) is 5.69 Å². The molecular weight excluding hydrogens is 340 g/mol. The minimum absolute atomic E-state index is 0.977. The molecule has 0 aliphatic heterocycles. The quantitative estimate of drug-likeness (QED) is 0.362. The van der Waals surface area contributed by atoms with E-state index in [-0.39, 0.29) is 0 Å². The minimum Gasteiger partial charge on any atom is -0.359 e. The fraction of sp³-hybridized carbons (Fsp3) is 0.231. The molecular formula is C26H28N2. The van der Waals surface area contributed by atoms with Crippen LogP contribution >= 0.6 is 0 Å². The van der Waals surface area contributed by atoms with Crippen LogP contribution in [0.4, 0.5) is 0 Å². The largest absolute Gasteiger partial charge is 0.359 e. The lowest BCUT2D eigenvalue weighted by atomic mass is 10.1. The highest BCUT2D eigenvalue weighted by atomic mass is 15.0. The number of hydrogen-bond donors (Lipinski definition) is 1. The summed E-state index contributed by atoms with van der Waals surface area (Å²) in [5.41, 5.74) is 9.05. The molecule has 0 radical (unpaired) electrons. The molecule has 1 N–H and O–H groups in total. The number of allylic oxidation sites excluding steroid dienone is 4. The Bertz CT molecular complexity index is 1190. The second kappa shape index (κ2) is 7.55. The van der Waals surface area contributed by atoms with Crippen molar-refractivity contribution in [1.82, 2.24) is 9.55 Å². The third kappa shape index (κ3) is 3.68. The van der Waals surface area contributed by atoms with Crippen LogP contribution in [-0.2, 0) is 12.8 Å². The maximum absolute atomic E-state index is 3.47. The molecule has 2 aromatic heterocycles. The predicted octanol–water partition coefficient (Wildman–Crippen LogP) is 7.13. The normalized spacial score (nSPS) is 11.1. The van der Waals surface area contributed by atoms with E-state index in [1.807, 2.05) is 0 Å². The van der Waals surface area contributed by atoms with Gasteiger partial charge in [0.1, 0.15) is 0 Å². The van der Waals surface area contributed by atoms with Gasteiger partial charge in [0, 0.05) is 23.3 Å². The van der Waals surface area contributed by atoms with Gasteiger partial charge in [-0.2, -0.15) is 0 Å². The molecule has 2 aromatic carbocycles. The molecule has 0 spiro atoms. The Morgan fingerprint density at radius 2 is 1.54 bits per heavy atom. The predicted molar refractivity (Wildman–Crippen MR) is 121 cm³/mol. The van der Waals surface area contributed by atoms with Gasteiger partial charge in [0.05, 0.1) is 11.2 Å². The summed E-state index contributed by atoms with van der Waals surface area (Å²) in [7, 11) is 0. The Morgan fingerprint density at radius 1 is 0.857 bits per heavy atom. The van der Waals surface area contributed by atoms with Crippen LogP contribution in [0.5, 0.6) is 0 Å². The Kier molecular flexibility index (Phi) is 4.95. The van der Waals surface area contributed by atoms with Crippen LogP contribution in [0.25, 0.3) is 27.5 Å². The number of nitrogens with zero attached hydrogens (tertiary/aromatic N) is 1. The van der Waals surface area contributed by atoms with Gasteiger partial charge in [0.15, 0.2) is 0 Å². The molecule has 2 nitrogen and oxygen atoms in total. The van der Waals surface area contributed by atoms with E-state index in [1.165, 1.54) is 49.8 Å². The number of nitrogens with one attached hydrogen (secondary N) is 1. The fourth-order valence-corrected chi connectivity index (χ4v) is 3.64. The van der Waals surface area contributed by atoms with Crippen LogP contribution in [0.2, 0.25) is 0 Å². The van der Waals surface area contributed by atoms with E-state index in [9.17, 15) is 0 Å². The van der Waals surface area contributed by atoms with E-state index >= 15 is 0 Å². The van der Waals surface area contributed by atoms with Crippen molar-refractivity contribution in [3.63, 3.8) is 0 Å². The van der Waals surface area contributed by atoms with E-state index in [4.69, 9.17) is 0 Å². The van der Waals surface area contributed by atoms with Crippen molar-refractivity contribution in [2.75, 3.05) is 0 Å². The molecule has 4 rings (SSSR count). The van der Waals surface area contributed by atoms with E-state index in [2.05, 4.69) is 104 Å². The number of fused-ring (bicyclic) bond motifs is 2. The van der Waals surface area contributed by atoms with Gasteiger partial charge < -0.3 is 9.55 Å². The molecule has 2 heterocycles. The van der Waals surface area contributed by atoms with Crippen molar-refractivity contribution < 1.29 is 0 Å². The molecule has 142 valence electrons. The smallest absolute Gasteiger partial charge is 0.0709 e. The molecule has 0 saturated carbocycles. The van der Waals surface area contributed by atoms with Gasteiger partial charge in [-0.05, 0) is 75.2 Å². The standard InChI is InChI=1S/C26H28N2/c1-18(2)5-7-20-10-12-23-24(15-20)27-17-26(23)28-14-13-22-11-9-21(16-25(22)28)8-6-19(3)4/h5-6,9-17,27H,7-8H2,1-4H3. The molecule has 2 heteroatoms. The average Bonchev–Trinajstić information content (AvgIpc) is 3.27. The minimum atomic E-state index is 0.977. The van der Waals surface area contributed by atoms with Gasteiger partial charge in [0.25, 0.3) is 0 Å². The van der Waals surface area contributed by atoms with Gasteiger partial charge in [-0.25, -0.2) is 0 Å². The molecule has 28 heavy (non-hydrogen) atoms. The van der Waals surface area contributed by atoms with E-state index < -0.39 is 0 Å². The zero-order valence-corrected chi connectivity index (χ0v) is 17.2. The second-order valence-electron chi connectivity index (χ2n) is 8.10. The summed E-state index contributed by atoms with van der Waals surface area (Å²) in [5, 5.41) is 2.53. The summed E-state index contributed by atoms with van der Waals surface area (Å²) in [4.78, 5) is 3.47. The Morgan fingerprint density at radius 3 is 2.25 bits per heavy atom. The molecule has 0 atom stereocenters. The summed E-state index contributed by atoms with van der Waals surface area (Å²) in [6.07, 6.45) is 10.8. The zero-order valence-electron chi connectivity index (χ0n) is 17.2. The number of hydrogen-bond acceptors (Lipinski definition) is 0. The molecule has 0 fully saturated rings. The number of benzene rings is 2. The van der Waals surface area contributed by atoms with E-state index in [1.54, 1.807) is 0 Å². The number of aromatic nitrogens is 2. The molecule has 4 aromatic rings. The van der Waals surface area contributed by atoms with Crippen molar-refractivity contribution in [3.05, 3.63) is 89.3 Å². The summed E-state index contributed by atoms with van der Waals surface area (Å²) >= 11 is 0. The highest BCUT2D eigenvalue weighted by Gasteiger charge is 2.10. The maximum Gasteiger partial charge on any atom is 0.0709 e. The summed E-state index contributed by atoms with van der Waals surface area (Å²) < 4.78 is 2.30. The van der Waals surface area contributed by atoms with Crippen LogP contribution in [0, 0.1) is 0 Å². The first kappa shape index (κ1) is 18.4. The van der Waals surface area contributed by atoms with Crippen LogP contribution in [0.1, 0.15) is 38.8 Å². The molecule has 0 bridgehead atoms. The zero-order chi connectivity index (χ0) is 19.7. The van der Waals surface area contributed by atoms with Gasteiger partial charge in [-0.1, -0.05) is 47.6 Å². The van der Waals surface area contributed by atoms with Crippen molar-refractivity contribution >= 4 is 21.8 Å². The van der Waals surface area contributed by atoms with Crippen LogP contribution < -0.4 is 0 Å². The van der Waals surface area contributed by atoms with Gasteiger partial charge in [-0.3, -0.25) is 0 Å². The molecule has 0 aliphatic rings. The van der Waals surface area contributed by atoms with Crippen LogP contribution in [-0.4, -0.2) is 9.55 Å². The Labute approximate surface area is 167 Å². The maximum atomic E-state index is 3.47. The van der Waals surface area contributed by atoms with Crippen molar-refractivity contribution in [2.45, 2.75) is 40.5 Å². The summed E-state index contributed by atoms with van der Waals surface area (Å²) in [5.74, 6) is 0. The van der Waals surface area contributed by atoms with Crippen molar-refractivity contribution in [1.29, 1.82) is 0 Å². The lowest BCUT2D eigenvalue weighted by Gasteiger charge is -2.06. The van der Waals surface area contributed by atoms with Crippen molar-refractivity contribution in [2.24, 2.45) is 0 Å². The highest BCUT2D eigenvalue weighted by Crippen LogP contribution is 2.28. The summed E-state index contributed by atoms with van der Waals surface area (Å²) in [6.45, 7) is 8.60. The number of aromatic amines is 1. The SMILES string of the molecule is CC(C)=CCc1ccc2c(-n3ccc4ccc(CC=C(C)C)cc43)c[nH]c2c1. The Hall–Kier alpha value is -3.00. The van der Waals surface area contributed by atoms with E-state index in [0.29, 0.717) is 0 Å². The third-order valence-electron chi connectivity index (χ3n) is 5.23. The lowest BCUT2D eigenvalue weighted by molar-refractivity contribution is 1.13. The average molecular weight is 369 g/mol. The lowest BCUT2D eigenvalue weighted by Crippen LogP contribution is -1.92. The van der Waals surface area contributed by atoms with Crippen LogP contribution in [0.15, 0.2) is 78.2 Å². The summed E-state index contributed by atoms with van der Waals surface area (Å²) in [6, 6.07) is 15.7. The van der Waals surface area contributed by atoms with Gasteiger partial charge in [-0.15, -0.1) is 0 Å². The molecule has 0 unspecified atom stereocenters. The van der Waals surface area contributed by atoms with Gasteiger partial charge >= 0.3 is 0 Å². The first-order chi connectivity index (χ1) is 13.5. The first-order valence-corrected chi connectivity index (χ1v) is 9.98. The third-order valence-corrected chi connectivity index (χ3v) is 5.23. The van der Waals surface area contributed by atoms with Gasteiger partial charge in [0.2, 0.25) is 0 Å². The highest BCUT2D eigenvalue weighted by molar-refractivity contribution is 5.92. The second-order valence-corrected chi connectivity index (χ2v) is 8.10. The number of H-pyrrole nitrogens is 1. The monoisotopic (exact) mass is 368 g/mol. The molecule has 0 amide bonds. The Balaban J connectivity index is 1.75.